The third-order valence-electron chi connectivity index (χ3n) is 6.21. The summed E-state index contributed by atoms with van der Waals surface area (Å²) < 4.78 is 0. The predicted octanol–water partition coefficient (Wildman–Crippen LogP) is 5.25. The lowest BCUT2D eigenvalue weighted by atomic mass is 9.55. The third kappa shape index (κ3) is 3.78. The zero-order valence-corrected chi connectivity index (χ0v) is 14.6. The van der Waals surface area contributed by atoms with E-state index in [1.165, 1.54) is 58.0 Å². The van der Waals surface area contributed by atoms with E-state index in [1.807, 2.05) is 0 Å². The highest BCUT2D eigenvalue weighted by molar-refractivity contribution is 4.97. The van der Waals surface area contributed by atoms with Gasteiger partial charge < -0.3 is 5.32 Å². The fourth-order valence-corrected chi connectivity index (χ4v) is 4.42. The van der Waals surface area contributed by atoms with Crippen LogP contribution in [0.5, 0.6) is 0 Å². The van der Waals surface area contributed by atoms with Crippen LogP contribution < -0.4 is 5.32 Å². The molecule has 2 aliphatic carbocycles. The molecule has 2 rings (SSSR count). The fraction of sp³-hybridized carbons (Fsp3) is 1.00. The van der Waals surface area contributed by atoms with Crippen LogP contribution in [0.4, 0.5) is 0 Å². The van der Waals surface area contributed by atoms with E-state index < -0.39 is 0 Å². The zero-order chi connectivity index (χ0) is 14.8. The summed E-state index contributed by atoms with van der Waals surface area (Å²) in [6, 6.07) is 0. The van der Waals surface area contributed by atoms with Crippen LogP contribution in [0.15, 0.2) is 0 Å². The van der Waals surface area contributed by atoms with E-state index in [9.17, 15) is 0 Å². The van der Waals surface area contributed by atoms with Crippen molar-refractivity contribution in [1.29, 1.82) is 0 Å². The van der Waals surface area contributed by atoms with Crippen LogP contribution in [0.1, 0.15) is 79.6 Å². The lowest BCUT2D eigenvalue weighted by Gasteiger charge is -2.51. The van der Waals surface area contributed by atoms with Gasteiger partial charge in [0.25, 0.3) is 0 Å². The lowest BCUT2D eigenvalue weighted by molar-refractivity contribution is 0.00430. The van der Waals surface area contributed by atoms with E-state index in [1.54, 1.807) is 0 Å². The molecule has 0 amide bonds. The smallest absolute Gasteiger partial charge is 0.00106 e. The normalized spacial score (nSPS) is 32.4. The Kier molecular flexibility index (Phi) is 5.21. The second-order valence-corrected chi connectivity index (χ2v) is 9.16. The molecular weight excluding hydrogens is 242 g/mol. The maximum atomic E-state index is 3.80. The first-order valence-electron chi connectivity index (χ1n) is 9.04. The Hall–Kier alpha value is -0.0400. The van der Waals surface area contributed by atoms with Crippen molar-refractivity contribution < 1.29 is 0 Å². The number of nitrogens with one attached hydrogen (secondary N) is 1. The summed E-state index contributed by atoms with van der Waals surface area (Å²) in [6.07, 6.45) is 10.4. The summed E-state index contributed by atoms with van der Waals surface area (Å²) in [5.41, 5.74) is 1.16. The van der Waals surface area contributed by atoms with Gasteiger partial charge in [0.05, 0.1) is 0 Å². The summed E-state index contributed by atoms with van der Waals surface area (Å²) in [5.74, 6) is 2.75. The monoisotopic (exact) mass is 279 g/mol. The van der Waals surface area contributed by atoms with Gasteiger partial charge >= 0.3 is 0 Å². The molecule has 0 aliphatic heterocycles. The molecule has 0 aromatic rings. The average molecular weight is 280 g/mol. The Morgan fingerprint density at radius 1 is 1.05 bits per heavy atom. The van der Waals surface area contributed by atoms with Gasteiger partial charge in [-0.2, -0.15) is 0 Å². The number of hydrogen-bond donors (Lipinski definition) is 1. The van der Waals surface area contributed by atoms with Crippen molar-refractivity contribution in [3.63, 3.8) is 0 Å². The molecule has 0 atom stereocenters. The van der Waals surface area contributed by atoms with Crippen molar-refractivity contribution in [2.75, 3.05) is 13.1 Å². The van der Waals surface area contributed by atoms with Crippen molar-refractivity contribution in [3.8, 4) is 0 Å². The standard InChI is InChI=1S/C19H37N/c1-15(2)13-20-14-19(17-7-6-8-17)11-9-16(10-12-19)18(3,4)5/h15-17,20H,6-14H2,1-5H3. The van der Waals surface area contributed by atoms with E-state index in [2.05, 4.69) is 39.9 Å². The second kappa shape index (κ2) is 6.38. The van der Waals surface area contributed by atoms with Gasteiger partial charge in [0.2, 0.25) is 0 Å². The molecule has 0 aromatic heterocycles. The Morgan fingerprint density at radius 3 is 2.05 bits per heavy atom. The van der Waals surface area contributed by atoms with Gasteiger partial charge in [-0.3, -0.25) is 0 Å². The van der Waals surface area contributed by atoms with E-state index in [4.69, 9.17) is 0 Å². The first-order valence-corrected chi connectivity index (χ1v) is 9.04. The van der Waals surface area contributed by atoms with Gasteiger partial charge in [-0.25, -0.2) is 0 Å². The lowest BCUT2D eigenvalue weighted by Crippen LogP contribution is -2.47. The first-order chi connectivity index (χ1) is 9.33. The molecule has 0 bridgehead atoms. The molecule has 1 N–H and O–H groups in total. The molecular formula is C19H37N. The van der Waals surface area contributed by atoms with Gasteiger partial charge in [0.1, 0.15) is 0 Å². The summed E-state index contributed by atoms with van der Waals surface area (Å²) >= 11 is 0. The quantitative estimate of drug-likeness (QED) is 0.724. The van der Waals surface area contributed by atoms with Gasteiger partial charge in [-0.1, -0.05) is 41.0 Å². The van der Waals surface area contributed by atoms with Crippen molar-refractivity contribution in [3.05, 3.63) is 0 Å². The van der Waals surface area contributed by atoms with Gasteiger partial charge in [-0.15, -0.1) is 0 Å². The Morgan fingerprint density at radius 2 is 1.65 bits per heavy atom. The largest absolute Gasteiger partial charge is 0.316 e. The molecule has 118 valence electrons. The topological polar surface area (TPSA) is 12.0 Å². The van der Waals surface area contributed by atoms with Crippen LogP contribution in [0.25, 0.3) is 0 Å². The molecule has 2 saturated carbocycles. The minimum Gasteiger partial charge on any atom is -0.316 e. The van der Waals surface area contributed by atoms with Gasteiger partial charge in [-0.05, 0) is 73.7 Å². The molecule has 2 aliphatic rings. The molecule has 20 heavy (non-hydrogen) atoms. The first kappa shape index (κ1) is 16.3. The second-order valence-electron chi connectivity index (χ2n) is 9.16. The molecule has 1 nitrogen and oxygen atoms in total. The molecule has 0 spiro atoms. The maximum absolute atomic E-state index is 3.80. The average Bonchev–Trinajstić information content (AvgIpc) is 2.25. The highest BCUT2D eigenvalue weighted by Crippen LogP contribution is 2.53. The number of rotatable bonds is 5. The molecule has 0 heterocycles. The summed E-state index contributed by atoms with van der Waals surface area (Å²) in [7, 11) is 0. The summed E-state index contributed by atoms with van der Waals surface area (Å²) in [6.45, 7) is 14.4. The molecule has 2 fully saturated rings. The molecule has 1 heteroatoms. The van der Waals surface area contributed by atoms with E-state index in [0.29, 0.717) is 10.8 Å². The van der Waals surface area contributed by atoms with Crippen LogP contribution >= 0.6 is 0 Å². The van der Waals surface area contributed by atoms with Gasteiger partial charge in [0.15, 0.2) is 0 Å². The van der Waals surface area contributed by atoms with Crippen LogP contribution in [-0.4, -0.2) is 13.1 Å². The molecule has 0 saturated heterocycles. The Balaban J connectivity index is 1.92. The van der Waals surface area contributed by atoms with Crippen LogP contribution in [0.3, 0.4) is 0 Å². The van der Waals surface area contributed by atoms with Crippen LogP contribution in [0, 0.1) is 28.6 Å². The van der Waals surface area contributed by atoms with Crippen molar-refractivity contribution >= 4 is 0 Å². The van der Waals surface area contributed by atoms with E-state index in [0.717, 1.165) is 17.8 Å². The van der Waals surface area contributed by atoms with Crippen LogP contribution in [-0.2, 0) is 0 Å². The molecule has 0 radical (unpaired) electrons. The minimum atomic E-state index is 0.511. The Bertz CT molecular complexity index is 287. The van der Waals surface area contributed by atoms with Crippen molar-refractivity contribution in [1.82, 2.24) is 5.32 Å². The summed E-state index contributed by atoms with van der Waals surface area (Å²) in [5, 5.41) is 3.80. The molecule has 0 unspecified atom stereocenters. The predicted molar refractivity (Wildman–Crippen MR) is 88.9 cm³/mol. The van der Waals surface area contributed by atoms with Crippen molar-refractivity contribution in [2.24, 2.45) is 28.6 Å². The fourth-order valence-electron chi connectivity index (χ4n) is 4.42. The van der Waals surface area contributed by atoms with Gasteiger partial charge in [0, 0.05) is 6.54 Å². The highest BCUT2D eigenvalue weighted by atomic mass is 14.9. The SMILES string of the molecule is CC(C)CNCC1(C2CCC2)CCC(C(C)(C)C)CC1. The van der Waals surface area contributed by atoms with E-state index in [-0.39, 0.29) is 0 Å². The maximum Gasteiger partial charge on any atom is 0.00106 e. The third-order valence-corrected chi connectivity index (χ3v) is 6.21. The molecule has 0 aromatic carbocycles. The van der Waals surface area contributed by atoms with E-state index >= 15 is 0 Å². The van der Waals surface area contributed by atoms with Crippen molar-refractivity contribution in [2.45, 2.75) is 79.6 Å². The summed E-state index contributed by atoms with van der Waals surface area (Å²) in [4.78, 5) is 0. The van der Waals surface area contributed by atoms with Crippen LogP contribution in [0.2, 0.25) is 0 Å². The Labute approximate surface area is 127 Å². The number of hydrogen-bond acceptors (Lipinski definition) is 1. The minimum absolute atomic E-state index is 0.511. The highest BCUT2D eigenvalue weighted by Gasteiger charge is 2.45. The zero-order valence-electron chi connectivity index (χ0n) is 14.6.